The summed E-state index contributed by atoms with van der Waals surface area (Å²) in [7, 11) is 3.36. The third-order valence-electron chi connectivity index (χ3n) is 4.64. The molecule has 1 aliphatic heterocycles. The molecule has 0 N–H and O–H groups in total. The minimum absolute atomic E-state index is 0.0264. The van der Waals surface area contributed by atoms with E-state index < -0.39 is 6.10 Å². The number of ether oxygens (including phenoxy) is 2. The first-order chi connectivity index (χ1) is 13.2. The van der Waals surface area contributed by atoms with Crippen molar-refractivity contribution in [3.8, 4) is 17.1 Å². The number of carbonyl (C=O) groups excluding carboxylic acids is 1. The Balaban J connectivity index is 1.69. The molecule has 3 aromatic rings. The number of rotatable bonds is 4. The summed E-state index contributed by atoms with van der Waals surface area (Å²) >= 11 is 0. The van der Waals surface area contributed by atoms with Gasteiger partial charge in [-0.2, -0.15) is 4.98 Å². The second kappa shape index (κ2) is 7.20. The van der Waals surface area contributed by atoms with Gasteiger partial charge in [-0.05, 0) is 17.7 Å². The molecule has 0 aliphatic carbocycles. The first-order valence-electron chi connectivity index (χ1n) is 8.57. The summed E-state index contributed by atoms with van der Waals surface area (Å²) in [5.74, 6) is 1.40. The monoisotopic (exact) mass is 365 g/mol. The van der Waals surface area contributed by atoms with Gasteiger partial charge in [0.2, 0.25) is 11.7 Å². The topological polar surface area (TPSA) is 77.7 Å². The summed E-state index contributed by atoms with van der Waals surface area (Å²) in [5.41, 5.74) is 1.72. The van der Waals surface area contributed by atoms with E-state index in [4.69, 9.17) is 14.0 Å². The van der Waals surface area contributed by atoms with Gasteiger partial charge in [-0.25, -0.2) is 0 Å². The van der Waals surface area contributed by atoms with Gasteiger partial charge in [0.15, 0.2) is 6.10 Å². The number of aromatic nitrogens is 2. The lowest BCUT2D eigenvalue weighted by molar-refractivity contribution is -0.157. The van der Waals surface area contributed by atoms with Crippen LogP contribution in [0.3, 0.4) is 0 Å². The third-order valence-corrected chi connectivity index (χ3v) is 4.64. The molecule has 2 unspecified atom stereocenters. The van der Waals surface area contributed by atoms with Gasteiger partial charge < -0.3 is 18.9 Å². The zero-order valence-electron chi connectivity index (χ0n) is 15.0. The predicted molar refractivity (Wildman–Crippen MR) is 96.9 cm³/mol. The Hall–Kier alpha value is -3.19. The van der Waals surface area contributed by atoms with Crippen LogP contribution < -0.4 is 4.74 Å². The van der Waals surface area contributed by atoms with Crippen LogP contribution in [0.15, 0.2) is 59.1 Å². The van der Waals surface area contributed by atoms with Gasteiger partial charge in [0.05, 0.1) is 13.2 Å². The largest absolute Gasteiger partial charge is 0.497 e. The fraction of sp³-hybridized carbons (Fsp3) is 0.250. The van der Waals surface area contributed by atoms with E-state index >= 15 is 0 Å². The van der Waals surface area contributed by atoms with Crippen molar-refractivity contribution in [2.75, 3.05) is 20.8 Å². The molecule has 7 heteroatoms. The maximum absolute atomic E-state index is 12.2. The van der Waals surface area contributed by atoms with E-state index in [0.717, 1.165) is 11.1 Å². The molecule has 1 aliphatic rings. The van der Waals surface area contributed by atoms with E-state index in [9.17, 15) is 4.79 Å². The average molecular weight is 365 g/mol. The highest BCUT2D eigenvalue weighted by atomic mass is 16.5. The number of carbonyl (C=O) groups is 1. The van der Waals surface area contributed by atoms with Crippen LogP contribution >= 0.6 is 0 Å². The molecule has 0 bridgehead atoms. The van der Waals surface area contributed by atoms with Gasteiger partial charge in [0.1, 0.15) is 12.4 Å². The minimum Gasteiger partial charge on any atom is -0.497 e. The number of benzene rings is 2. The lowest BCUT2D eigenvalue weighted by Gasteiger charge is -2.37. The summed E-state index contributed by atoms with van der Waals surface area (Å²) in [5, 5.41) is 4.08. The van der Waals surface area contributed by atoms with Crippen LogP contribution in [0, 0.1) is 0 Å². The van der Waals surface area contributed by atoms with Crippen LogP contribution in [0.1, 0.15) is 23.6 Å². The second-order valence-corrected chi connectivity index (χ2v) is 6.28. The molecule has 138 valence electrons. The minimum atomic E-state index is -0.540. The number of methoxy groups -OCH3 is 1. The number of hydrogen-bond acceptors (Lipinski definition) is 6. The van der Waals surface area contributed by atoms with Crippen LogP contribution in [-0.2, 0) is 9.53 Å². The van der Waals surface area contributed by atoms with E-state index in [2.05, 4.69) is 10.1 Å². The maximum atomic E-state index is 12.2. The van der Waals surface area contributed by atoms with Crippen LogP contribution in [0.5, 0.6) is 5.75 Å². The number of hydrogen-bond donors (Lipinski definition) is 0. The van der Waals surface area contributed by atoms with Crippen LogP contribution in [0.25, 0.3) is 11.4 Å². The second-order valence-electron chi connectivity index (χ2n) is 6.28. The van der Waals surface area contributed by atoms with E-state index in [0.29, 0.717) is 17.5 Å². The first-order valence-corrected chi connectivity index (χ1v) is 8.57. The summed E-state index contributed by atoms with van der Waals surface area (Å²) < 4.78 is 16.5. The highest BCUT2D eigenvalue weighted by Gasteiger charge is 2.40. The van der Waals surface area contributed by atoms with Gasteiger partial charge in [-0.1, -0.05) is 47.6 Å². The van der Waals surface area contributed by atoms with Gasteiger partial charge in [-0.15, -0.1) is 0 Å². The van der Waals surface area contributed by atoms with E-state index in [1.54, 1.807) is 19.1 Å². The van der Waals surface area contributed by atoms with Crippen LogP contribution in [-0.4, -0.2) is 41.7 Å². The molecule has 27 heavy (non-hydrogen) atoms. The fourth-order valence-electron chi connectivity index (χ4n) is 3.20. The van der Waals surface area contributed by atoms with Crippen LogP contribution in [0.4, 0.5) is 0 Å². The normalized spacial score (nSPS) is 19.9. The molecule has 1 amide bonds. The number of amides is 1. The maximum Gasteiger partial charge on any atom is 0.258 e. The van der Waals surface area contributed by atoms with E-state index in [1.165, 1.54) is 0 Å². The fourth-order valence-corrected chi connectivity index (χ4v) is 3.20. The Labute approximate surface area is 156 Å². The lowest BCUT2D eigenvalue weighted by Crippen LogP contribution is -2.43. The molecular formula is C20H19N3O4. The molecule has 2 atom stereocenters. The third kappa shape index (κ3) is 3.29. The first kappa shape index (κ1) is 17.2. The van der Waals surface area contributed by atoms with Crippen molar-refractivity contribution in [1.82, 2.24) is 15.0 Å². The van der Waals surface area contributed by atoms with Crippen molar-refractivity contribution in [2.24, 2.45) is 0 Å². The van der Waals surface area contributed by atoms with Gasteiger partial charge in [-0.3, -0.25) is 4.79 Å². The van der Waals surface area contributed by atoms with Crippen molar-refractivity contribution in [1.29, 1.82) is 0 Å². The molecule has 1 aromatic heterocycles. The van der Waals surface area contributed by atoms with Crippen molar-refractivity contribution < 1.29 is 18.8 Å². The van der Waals surface area contributed by atoms with Gasteiger partial charge >= 0.3 is 0 Å². The van der Waals surface area contributed by atoms with Crippen LogP contribution in [0.2, 0.25) is 0 Å². The van der Waals surface area contributed by atoms with Crippen molar-refractivity contribution in [3.05, 3.63) is 66.1 Å². The van der Waals surface area contributed by atoms with E-state index in [-0.39, 0.29) is 18.6 Å². The Morgan fingerprint density at radius 1 is 1.15 bits per heavy atom. The zero-order valence-corrected chi connectivity index (χ0v) is 15.0. The number of nitrogens with zero attached hydrogens (tertiary/aromatic N) is 3. The summed E-state index contributed by atoms with van der Waals surface area (Å²) in [4.78, 5) is 18.4. The molecule has 1 saturated heterocycles. The molecule has 2 heterocycles. The van der Waals surface area contributed by atoms with Gasteiger partial charge in [0, 0.05) is 12.6 Å². The predicted octanol–water partition coefficient (Wildman–Crippen LogP) is 3.02. The summed E-state index contributed by atoms with van der Waals surface area (Å²) in [6, 6.07) is 16.8. The Bertz CT molecular complexity index is 941. The Kier molecular flexibility index (Phi) is 4.60. The van der Waals surface area contributed by atoms with Crippen molar-refractivity contribution >= 4 is 5.91 Å². The summed E-state index contributed by atoms with van der Waals surface area (Å²) in [6.45, 7) is -0.0264. The number of likely N-dealkylation sites (N-methyl/N-ethyl adjacent to an activating group) is 1. The smallest absolute Gasteiger partial charge is 0.258 e. The van der Waals surface area contributed by atoms with E-state index in [1.807, 2.05) is 54.6 Å². The zero-order chi connectivity index (χ0) is 18.8. The van der Waals surface area contributed by atoms with Crippen molar-refractivity contribution in [3.63, 3.8) is 0 Å². The quantitative estimate of drug-likeness (QED) is 0.707. The standard InChI is InChI=1S/C20H19N3O4/c1-23-16(24)12-26-18(17(23)13-7-4-3-5-8-13)20-21-19(22-27-20)14-9-6-10-15(11-14)25-2/h3-11,17-18H,12H2,1-2H3. The average Bonchev–Trinajstić information content (AvgIpc) is 3.20. The molecule has 0 radical (unpaired) electrons. The molecule has 0 spiro atoms. The summed E-state index contributed by atoms with van der Waals surface area (Å²) in [6.07, 6.45) is -0.540. The lowest BCUT2D eigenvalue weighted by atomic mass is 9.98. The molecule has 0 saturated carbocycles. The Morgan fingerprint density at radius 2 is 1.96 bits per heavy atom. The molecule has 2 aromatic carbocycles. The number of morpholine rings is 1. The highest BCUT2D eigenvalue weighted by molar-refractivity contribution is 5.78. The molecule has 1 fully saturated rings. The molecule has 4 rings (SSSR count). The Morgan fingerprint density at radius 3 is 2.74 bits per heavy atom. The molecular weight excluding hydrogens is 346 g/mol. The van der Waals surface area contributed by atoms with Crippen molar-refractivity contribution in [2.45, 2.75) is 12.1 Å². The SMILES string of the molecule is COc1cccc(-c2noc(C3OCC(=O)N(C)C3c3ccccc3)n2)c1. The van der Waals surface area contributed by atoms with Gasteiger partial charge in [0.25, 0.3) is 5.89 Å². The molecule has 7 nitrogen and oxygen atoms in total. The highest BCUT2D eigenvalue weighted by Crippen LogP contribution is 2.39.